The maximum atomic E-state index is 14.1. The second-order valence-corrected chi connectivity index (χ2v) is 7.11. The fourth-order valence-corrected chi connectivity index (χ4v) is 4.45. The van der Waals surface area contributed by atoms with Gasteiger partial charge in [0.15, 0.2) is 5.78 Å². The number of hydrogen-bond donors (Lipinski definition) is 0. The van der Waals surface area contributed by atoms with E-state index in [1.165, 1.54) is 19.1 Å². The summed E-state index contributed by atoms with van der Waals surface area (Å²) < 4.78 is 19.9. The highest BCUT2D eigenvalue weighted by Gasteiger charge is 2.55. The molecule has 1 aliphatic rings. The van der Waals surface area contributed by atoms with E-state index in [4.69, 9.17) is 4.43 Å². The number of hydrogen-bond acceptors (Lipinski definition) is 3. The molecule has 6 heteroatoms. The van der Waals surface area contributed by atoms with Crippen LogP contribution >= 0.6 is 0 Å². The van der Waals surface area contributed by atoms with E-state index in [2.05, 4.69) is 0 Å². The van der Waals surface area contributed by atoms with Gasteiger partial charge in [0.2, 0.25) is 5.91 Å². The Morgan fingerprint density at radius 1 is 1.35 bits per heavy atom. The highest BCUT2D eigenvalue weighted by atomic mass is 28.2. The zero-order valence-corrected chi connectivity index (χ0v) is 16.4. The largest absolute Gasteiger partial charge is 0.415 e. The highest BCUT2D eigenvalue weighted by molar-refractivity contribution is 6.07. The third kappa shape index (κ3) is 2.74. The number of piperidine rings is 1. The molecule has 4 nitrogen and oxygen atoms in total. The molecule has 1 aromatic rings. The maximum absolute atomic E-state index is 14.1. The summed E-state index contributed by atoms with van der Waals surface area (Å²) in [6, 6.07) is 6.00. The molecule has 2 atom stereocenters. The number of rotatable bonds is 3. The van der Waals surface area contributed by atoms with Crippen LogP contribution in [-0.4, -0.2) is 44.8 Å². The average Bonchev–Trinajstić information content (AvgIpc) is 2.49. The van der Waals surface area contributed by atoms with Crippen molar-refractivity contribution in [2.24, 2.45) is 5.92 Å². The van der Waals surface area contributed by atoms with E-state index in [-0.39, 0.29) is 23.2 Å². The number of nitrogens with zero attached hydrogens (tertiary/aromatic N) is 1. The predicted octanol–water partition coefficient (Wildman–Crippen LogP) is 1.71. The van der Waals surface area contributed by atoms with E-state index in [1.54, 1.807) is 17.0 Å². The summed E-state index contributed by atoms with van der Waals surface area (Å²) in [4.78, 5) is 26.8. The smallest absolute Gasteiger partial charge is 0.219 e. The summed E-state index contributed by atoms with van der Waals surface area (Å²) in [6.45, 7) is 7.73. The van der Waals surface area contributed by atoms with E-state index in [0.717, 1.165) is 0 Å². The van der Waals surface area contributed by atoms with Crippen molar-refractivity contribution >= 4 is 22.2 Å². The van der Waals surface area contributed by atoms with E-state index >= 15 is 0 Å². The molecule has 126 valence electrons. The first-order chi connectivity index (χ1) is 10.7. The molecule has 0 radical (unpaired) electrons. The summed E-state index contributed by atoms with van der Waals surface area (Å²) in [7, 11) is 0.361. The lowest BCUT2D eigenvalue weighted by atomic mass is 9.67. The van der Waals surface area contributed by atoms with Gasteiger partial charge in [-0.25, -0.2) is 4.39 Å². The number of carbonyl (C=O) groups is 2. The Hall–Kier alpha value is -1.53. The lowest BCUT2D eigenvalue weighted by Crippen LogP contribution is -2.66. The molecule has 1 heterocycles. The highest BCUT2D eigenvalue weighted by Crippen LogP contribution is 2.43. The van der Waals surface area contributed by atoms with Crippen LogP contribution in [0, 0.1) is 11.7 Å². The molecule has 1 fully saturated rings. The molecule has 0 aromatic heterocycles. The molecular weight excluding hydrogens is 313 g/mol. The van der Waals surface area contributed by atoms with Crippen LogP contribution in [0.25, 0.3) is 0 Å². The van der Waals surface area contributed by atoms with E-state index in [9.17, 15) is 14.0 Å². The van der Waals surface area contributed by atoms with Crippen LogP contribution < -0.4 is 0 Å². The Kier molecular flexibility index (Phi) is 4.78. The third-order valence-corrected chi connectivity index (χ3v) is 6.14. The zero-order chi connectivity index (χ0) is 17.4. The molecule has 1 saturated heterocycles. The Labute approximate surface area is 139 Å². The summed E-state index contributed by atoms with van der Waals surface area (Å²) in [5.41, 5.74) is -1.57. The van der Waals surface area contributed by atoms with Crippen LogP contribution in [-0.2, 0) is 9.22 Å². The zero-order valence-electron chi connectivity index (χ0n) is 14.4. The fraction of sp³-hybridized carbons (Fsp3) is 0.529. The molecule has 2 rings (SSSR count). The van der Waals surface area contributed by atoms with Crippen LogP contribution in [0.1, 0.15) is 44.5 Å². The monoisotopic (exact) mass is 337 g/mol. The molecule has 1 aromatic carbocycles. The van der Waals surface area contributed by atoms with Gasteiger partial charge < -0.3 is 9.33 Å². The molecular formula is C17H24FNO3Si. The second kappa shape index (κ2) is 6.17. The van der Waals surface area contributed by atoms with Gasteiger partial charge in [-0.05, 0) is 26.0 Å². The van der Waals surface area contributed by atoms with Crippen LogP contribution in [0.5, 0.6) is 0 Å². The maximum Gasteiger partial charge on any atom is 0.219 e. The number of amides is 1. The minimum absolute atomic E-state index is 0.0258. The first kappa shape index (κ1) is 17.8. The van der Waals surface area contributed by atoms with Crippen LogP contribution in [0.4, 0.5) is 4.39 Å². The SMILES string of the molecule is CC(=O)N1CCC(O[SiH3])(C(=O)c2ccccc2F)C(C)C1(C)C. The Balaban J connectivity index is 2.48. The van der Waals surface area contributed by atoms with E-state index in [0.29, 0.717) is 23.5 Å². The molecule has 0 saturated carbocycles. The Bertz CT molecular complexity index is 634. The molecule has 2 unspecified atom stereocenters. The number of halogens is 1. The van der Waals surface area contributed by atoms with Crippen molar-refractivity contribution in [1.29, 1.82) is 0 Å². The van der Waals surface area contributed by atoms with Crippen molar-refractivity contribution in [1.82, 2.24) is 4.90 Å². The lowest BCUT2D eigenvalue weighted by molar-refractivity contribution is -0.147. The molecule has 0 aliphatic carbocycles. The van der Waals surface area contributed by atoms with Gasteiger partial charge in [0.1, 0.15) is 21.9 Å². The summed E-state index contributed by atoms with van der Waals surface area (Å²) >= 11 is 0. The third-order valence-electron chi connectivity index (χ3n) is 5.41. The van der Waals surface area contributed by atoms with Crippen LogP contribution in [0.2, 0.25) is 0 Å². The molecule has 0 bridgehead atoms. The second-order valence-electron chi connectivity index (χ2n) is 6.70. The van der Waals surface area contributed by atoms with Crippen molar-refractivity contribution in [2.45, 2.75) is 45.3 Å². The van der Waals surface area contributed by atoms with Crippen LogP contribution in [0.3, 0.4) is 0 Å². The summed E-state index contributed by atoms with van der Waals surface area (Å²) in [5, 5.41) is 0. The van der Waals surface area contributed by atoms with E-state index < -0.39 is 17.0 Å². The van der Waals surface area contributed by atoms with Crippen molar-refractivity contribution in [3.63, 3.8) is 0 Å². The van der Waals surface area contributed by atoms with Gasteiger partial charge in [0.05, 0.1) is 5.56 Å². The van der Waals surface area contributed by atoms with Gasteiger partial charge in [-0.1, -0.05) is 19.1 Å². The van der Waals surface area contributed by atoms with Crippen molar-refractivity contribution in [3.05, 3.63) is 35.6 Å². The summed E-state index contributed by atoms with van der Waals surface area (Å²) in [6.07, 6.45) is 0.383. The van der Waals surface area contributed by atoms with Gasteiger partial charge in [-0.2, -0.15) is 0 Å². The van der Waals surface area contributed by atoms with Gasteiger partial charge in [0, 0.05) is 31.3 Å². The fourth-order valence-electron chi connectivity index (χ4n) is 3.71. The first-order valence-electron chi connectivity index (χ1n) is 7.81. The van der Waals surface area contributed by atoms with E-state index in [1.807, 2.05) is 20.8 Å². The van der Waals surface area contributed by atoms with Gasteiger partial charge >= 0.3 is 0 Å². The normalized spacial score (nSPS) is 27.0. The molecule has 1 aliphatic heterocycles. The molecule has 0 spiro atoms. The Morgan fingerprint density at radius 3 is 2.48 bits per heavy atom. The van der Waals surface area contributed by atoms with Gasteiger partial charge in [-0.15, -0.1) is 0 Å². The molecule has 23 heavy (non-hydrogen) atoms. The number of Topliss-reactive ketones (excluding diaryl/α,β-unsaturated/α-hetero) is 1. The summed E-state index contributed by atoms with van der Waals surface area (Å²) in [5.74, 6) is -1.14. The first-order valence-corrected chi connectivity index (χ1v) is 8.63. The number of ketones is 1. The van der Waals surface area contributed by atoms with Crippen molar-refractivity contribution in [2.75, 3.05) is 6.54 Å². The van der Waals surface area contributed by atoms with Gasteiger partial charge in [0.25, 0.3) is 0 Å². The quantitative estimate of drug-likeness (QED) is 0.623. The molecule has 1 amide bonds. The number of benzene rings is 1. The van der Waals surface area contributed by atoms with Gasteiger partial charge in [-0.3, -0.25) is 9.59 Å². The minimum atomic E-state index is -1.08. The number of carbonyl (C=O) groups excluding carboxylic acids is 2. The van der Waals surface area contributed by atoms with Crippen LogP contribution in [0.15, 0.2) is 24.3 Å². The number of likely N-dealkylation sites (tertiary alicyclic amines) is 1. The minimum Gasteiger partial charge on any atom is -0.415 e. The molecule has 0 N–H and O–H groups in total. The predicted molar refractivity (Wildman–Crippen MR) is 89.7 cm³/mol. The van der Waals surface area contributed by atoms with Crippen molar-refractivity contribution in [3.8, 4) is 0 Å². The standard InChI is InChI=1S/C17H24FNO3Si/c1-11-16(3,4)19(12(2)20)10-9-17(11,22-23)15(21)13-7-5-6-8-14(13)18/h5-8,11H,9-10H2,1-4,23H3. The topological polar surface area (TPSA) is 46.6 Å². The lowest BCUT2D eigenvalue weighted by Gasteiger charge is -2.55. The average molecular weight is 337 g/mol. The Morgan fingerprint density at radius 2 is 1.96 bits per heavy atom. The van der Waals surface area contributed by atoms with Crippen molar-refractivity contribution < 1.29 is 18.4 Å².